The van der Waals surface area contributed by atoms with Gasteiger partial charge in [-0.05, 0) is 72.8 Å². The first-order valence-corrected chi connectivity index (χ1v) is 13.6. The number of thiophene rings is 1. The molecule has 1 atom stereocenters. The number of hydrogen-bond donors (Lipinski definition) is 1. The van der Waals surface area contributed by atoms with Crippen molar-refractivity contribution in [2.24, 2.45) is 0 Å². The maximum Gasteiger partial charge on any atom is 0.348 e. The molecule has 0 aliphatic heterocycles. The van der Waals surface area contributed by atoms with Crippen LogP contribution in [0.1, 0.15) is 23.9 Å². The van der Waals surface area contributed by atoms with E-state index in [1.54, 1.807) is 30.4 Å². The highest BCUT2D eigenvalue weighted by molar-refractivity contribution is 7.13. The van der Waals surface area contributed by atoms with Crippen molar-refractivity contribution in [1.82, 2.24) is 4.98 Å². The van der Waals surface area contributed by atoms with Crippen LogP contribution in [0.25, 0.3) is 21.9 Å². The average Bonchev–Trinajstić information content (AvgIpc) is 3.61. The quantitative estimate of drug-likeness (QED) is 0.188. The van der Waals surface area contributed by atoms with Crippen molar-refractivity contribution in [2.75, 3.05) is 6.61 Å². The molecule has 198 valence electrons. The average molecular weight is 540 g/mol. The Kier molecular flexibility index (Phi) is 7.79. The number of oxazole rings is 1. The summed E-state index contributed by atoms with van der Waals surface area (Å²) in [6, 6.07) is 28.8. The molecule has 6 nitrogen and oxygen atoms in total. The lowest BCUT2D eigenvalue weighted by molar-refractivity contribution is -0.153. The molecule has 5 aromatic rings. The molecular weight excluding hydrogens is 510 g/mol. The Morgan fingerprint density at radius 2 is 1.72 bits per heavy atom. The lowest BCUT2D eigenvalue weighted by atomic mass is 9.96. The minimum atomic E-state index is -1.39. The van der Waals surface area contributed by atoms with Gasteiger partial charge in [0, 0.05) is 23.3 Å². The zero-order chi connectivity index (χ0) is 27.2. The Hall–Kier alpha value is -4.36. The molecule has 39 heavy (non-hydrogen) atoms. The van der Waals surface area contributed by atoms with Crippen LogP contribution in [0, 0.1) is 6.92 Å². The van der Waals surface area contributed by atoms with Gasteiger partial charge in [0.2, 0.25) is 11.5 Å². The standard InChI is InChI=1S/C32H29NO5S/c1-22-28(33-30(37-22)25-9-6-8-24(20-25)29-12-7-19-39-29)17-18-36-26-15-13-23(14-16-26)21-32(2,31(34)35)38-27-10-4-3-5-11-27/h3-16,19-20H,17-18,21H2,1-2H3,(H,34,35). The zero-order valence-corrected chi connectivity index (χ0v) is 22.6. The van der Waals surface area contributed by atoms with E-state index in [1.165, 1.54) is 4.88 Å². The van der Waals surface area contributed by atoms with Gasteiger partial charge in [-0.1, -0.05) is 48.5 Å². The molecule has 5 rings (SSSR count). The first-order valence-electron chi connectivity index (χ1n) is 12.7. The van der Waals surface area contributed by atoms with E-state index in [-0.39, 0.29) is 6.42 Å². The topological polar surface area (TPSA) is 81.8 Å². The lowest BCUT2D eigenvalue weighted by Gasteiger charge is -2.26. The summed E-state index contributed by atoms with van der Waals surface area (Å²) in [5.74, 6) is 1.57. The summed E-state index contributed by atoms with van der Waals surface area (Å²) in [5, 5.41) is 11.9. The van der Waals surface area contributed by atoms with Gasteiger partial charge in [-0.25, -0.2) is 9.78 Å². The van der Waals surface area contributed by atoms with Crippen molar-refractivity contribution in [1.29, 1.82) is 0 Å². The Labute approximate surface area is 231 Å². The molecule has 0 spiro atoms. The highest BCUT2D eigenvalue weighted by Crippen LogP contribution is 2.30. The molecule has 0 aliphatic rings. The number of carboxylic acids is 1. The van der Waals surface area contributed by atoms with E-state index < -0.39 is 11.6 Å². The van der Waals surface area contributed by atoms with Gasteiger partial charge in [-0.3, -0.25) is 0 Å². The molecule has 0 aliphatic carbocycles. The Balaban J connectivity index is 1.18. The maximum absolute atomic E-state index is 12.0. The van der Waals surface area contributed by atoms with E-state index in [0.29, 0.717) is 30.4 Å². The molecule has 3 aromatic carbocycles. The number of benzene rings is 3. The summed E-state index contributed by atoms with van der Waals surface area (Å²) in [6.07, 6.45) is 0.815. The summed E-state index contributed by atoms with van der Waals surface area (Å²) in [5.41, 5.74) is 2.39. The molecule has 2 aromatic heterocycles. The van der Waals surface area contributed by atoms with E-state index in [9.17, 15) is 9.90 Å². The van der Waals surface area contributed by atoms with Gasteiger partial charge in [-0.2, -0.15) is 0 Å². The van der Waals surface area contributed by atoms with Gasteiger partial charge in [-0.15, -0.1) is 11.3 Å². The predicted molar refractivity (Wildman–Crippen MR) is 152 cm³/mol. The number of hydrogen-bond acceptors (Lipinski definition) is 6. The number of rotatable bonds is 11. The fourth-order valence-corrected chi connectivity index (χ4v) is 5.02. The van der Waals surface area contributed by atoms with E-state index in [4.69, 9.17) is 18.9 Å². The largest absolute Gasteiger partial charge is 0.493 e. The van der Waals surface area contributed by atoms with Gasteiger partial charge in [0.1, 0.15) is 17.3 Å². The fourth-order valence-electron chi connectivity index (χ4n) is 4.29. The van der Waals surface area contributed by atoms with Gasteiger partial charge in [0.25, 0.3) is 0 Å². The molecule has 0 amide bonds. The second kappa shape index (κ2) is 11.6. The third-order valence-corrected chi connectivity index (χ3v) is 7.34. The van der Waals surface area contributed by atoms with Gasteiger partial charge in [0.05, 0.1) is 12.3 Å². The molecule has 7 heteroatoms. The second-order valence-electron chi connectivity index (χ2n) is 9.45. The number of aryl methyl sites for hydroxylation is 1. The van der Waals surface area contributed by atoms with E-state index in [1.807, 2.05) is 67.6 Å². The van der Waals surface area contributed by atoms with Gasteiger partial charge < -0.3 is 19.0 Å². The summed E-state index contributed by atoms with van der Waals surface area (Å²) in [6.45, 7) is 3.94. The molecule has 0 fully saturated rings. The van der Waals surface area contributed by atoms with E-state index >= 15 is 0 Å². The third-order valence-electron chi connectivity index (χ3n) is 6.42. The van der Waals surface area contributed by atoms with Crippen LogP contribution in [-0.2, 0) is 17.6 Å². The molecule has 0 saturated heterocycles. The van der Waals surface area contributed by atoms with E-state index in [2.05, 4.69) is 23.6 Å². The number of para-hydroxylation sites is 1. The maximum atomic E-state index is 12.0. The number of nitrogens with zero attached hydrogens (tertiary/aromatic N) is 1. The van der Waals surface area contributed by atoms with Gasteiger partial charge >= 0.3 is 5.97 Å². The number of carboxylic acid groups (broad SMARTS) is 1. The summed E-state index contributed by atoms with van der Waals surface area (Å²) in [7, 11) is 0. The SMILES string of the molecule is Cc1oc(-c2cccc(-c3cccs3)c2)nc1CCOc1ccc(CC(C)(Oc2ccccc2)C(=O)O)cc1. The summed E-state index contributed by atoms with van der Waals surface area (Å²) >= 11 is 1.70. The molecule has 0 saturated carbocycles. The molecule has 0 bridgehead atoms. The highest BCUT2D eigenvalue weighted by Gasteiger charge is 2.36. The molecule has 1 N–H and O–H groups in total. The van der Waals surface area contributed by atoms with Crippen molar-refractivity contribution in [3.8, 4) is 33.4 Å². The predicted octanol–water partition coefficient (Wildman–Crippen LogP) is 7.46. The van der Waals surface area contributed by atoms with Crippen LogP contribution in [0.15, 0.2) is 101 Å². The van der Waals surface area contributed by atoms with Crippen molar-refractivity contribution in [2.45, 2.75) is 32.3 Å². The Morgan fingerprint density at radius 3 is 2.44 bits per heavy atom. The van der Waals surface area contributed by atoms with Crippen LogP contribution >= 0.6 is 11.3 Å². The van der Waals surface area contributed by atoms with Crippen LogP contribution in [0.5, 0.6) is 11.5 Å². The first kappa shape index (κ1) is 26.3. The van der Waals surface area contributed by atoms with Crippen LogP contribution < -0.4 is 9.47 Å². The minimum absolute atomic E-state index is 0.214. The number of aliphatic carboxylic acids is 1. The number of ether oxygens (including phenoxy) is 2. The highest BCUT2D eigenvalue weighted by atomic mass is 32.1. The van der Waals surface area contributed by atoms with Crippen molar-refractivity contribution >= 4 is 17.3 Å². The van der Waals surface area contributed by atoms with Crippen LogP contribution in [-0.4, -0.2) is 28.3 Å². The monoisotopic (exact) mass is 539 g/mol. The lowest BCUT2D eigenvalue weighted by Crippen LogP contribution is -2.43. The minimum Gasteiger partial charge on any atom is -0.493 e. The Bertz CT molecular complexity index is 1530. The van der Waals surface area contributed by atoms with Crippen molar-refractivity contribution in [3.05, 3.63) is 113 Å². The normalized spacial score (nSPS) is 12.6. The molecule has 1 unspecified atom stereocenters. The molecular formula is C32H29NO5S. The van der Waals surface area contributed by atoms with Crippen LogP contribution in [0.4, 0.5) is 0 Å². The number of aromatic nitrogens is 1. The third kappa shape index (κ3) is 6.38. The second-order valence-corrected chi connectivity index (χ2v) is 10.4. The van der Waals surface area contributed by atoms with Crippen molar-refractivity contribution in [3.63, 3.8) is 0 Å². The molecule has 2 heterocycles. The van der Waals surface area contributed by atoms with Crippen molar-refractivity contribution < 1.29 is 23.8 Å². The summed E-state index contributed by atoms with van der Waals surface area (Å²) < 4.78 is 17.8. The van der Waals surface area contributed by atoms with Crippen LogP contribution in [0.3, 0.4) is 0 Å². The Morgan fingerprint density at radius 1 is 0.949 bits per heavy atom. The van der Waals surface area contributed by atoms with E-state index in [0.717, 1.165) is 28.1 Å². The van der Waals surface area contributed by atoms with Gasteiger partial charge in [0.15, 0.2) is 0 Å². The molecule has 0 radical (unpaired) electrons. The van der Waals surface area contributed by atoms with Crippen LogP contribution in [0.2, 0.25) is 0 Å². The summed E-state index contributed by atoms with van der Waals surface area (Å²) in [4.78, 5) is 17.9. The number of carbonyl (C=O) groups is 1. The fraction of sp³-hybridized carbons (Fsp3) is 0.188. The zero-order valence-electron chi connectivity index (χ0n) is 21.8. The first-order chi connectivity index (χ1) is 18.9. The smallest absolute Gasteiger partial charge is 0.348 e.